The summed E-state index contributed by atoms with van der Waals surface area (Å²) in [7, 11) is 0. The average molecular weight is 304 g/mol. The van der Waals surface area contributed by atoms with E-state index in [-0.39, 0.29) is 0 Å². The van der Waals surface area contributed by atoms with Gasteiger partial charge in [-0.2, -0.15) is 0 Å². The Morgan fingerprint density at radius 2 is 1.61 bits per heavy atom. The third-order valence-electron chi connectivity index (χ3n) is 3.55. The average Bonchev–Trinajstić information content (AvgIpc) is 2.58. The summed E-state index contributed by atoms with van der Waals surface area (Å²) in [4.78, 5) is 8.53. The van der Waals surface area contributed by atoms with Crippen LogP contribution < -0.4 is 10.6 Å². The van der Waals surface area contributed by atoms with Crippen molar-refractivity contribution >= 4 is 17.3 Å². The summed E-state index contributed by atoms with van der Waals surface area (Å²) in [6.45, 7) is 2.91. The Kier molecular flexibility index (Phi) is 4.84. The Morgan fingerprint density at radius 1 is 0.870 bits per heavy atom. The summed E-state index contributed by atoms with van der Waals surface area (Å²) in [6.07, 6.45) is 2.53. The first kappa shape index (κ1) is 15.0. The Bertz CT molecular complexity index is 739. The standard InChI is InChI=1S/C19H20N4/c1-15-7-9-17(10-8-15)23-19-13-18(21-14-22-19)20-12-11-16-5-3-2-4-6-16/h2-10,13-14H,11-12H2,1H3,(H2,20,21,22,23). The molecule has 0 radical (unpaired) electrons. The van der Waals surface area contributed by atoms with E-state index >= 15 is 0 Å². The molecule has 1 heterocycles. The van der Waals surface area contributed by atoms with Gasteiger partial charge in [-0.3, -0.25) is 0 Å². The van der Waals surface area contributed by atoms with Gasteiger partial charge in [0.2, 0.25) is 0 Å². The van der Waals surface area contributed by atoms with Crippen molar-refractivity contribution < 1.29 is 0 Å². The van der Waals surface area contributed by atoms with Crippen molar-refractivity contribution in [2.24, 2.45) is 0 Å². The van der Waals surface area contributed by atoms with Crippen LogP contribution in [0.25, 0.3) is 0 Å². The zero-order chi connectivity index (χ0) is 15.9. The van der Waals surface area contributed by atoms with E-state index in [0.29, 0.717) is 0 Å². The van der Waals surface area contributed by atoms with Crippen molar-refractivity contribution in [3.05, 3.63) is 78.1 Å². The van der Waals surface area contributed by atoms with Crippen LogP contribution in [0.3, 0.4) is 0 Å². The zero-order valence-electron chi connectivity index (χ0n) is 13.2. The van der Waals surface area contributed by atoms with E-state index in [0.717, 1.165) is 30.3 Å². The third-order valence-corrected chi connectivity index (χ3v) is 3.55. The predicted octanol–water partition coefficient (Wildman–Crippen LogP) is 4.18. The van der Waals surface area contributed by atoms with Gasteiger partial charge in [0.1, 0.15) is 18.0 Å². The van der Waals surface area contributed by atoms with Crippen LogP contribution in [0.1, 0.15) is 11.1 Å². The van der Waals surface area contributed by atoms with E-state index in [1.807, 2.05) is 24.3 Å². The normalized spacial score (nSPS) is 10.3. The number of benzene rings is 2. The van der Waals surface area contributed by atoms with Gasteiger partial charge >= 0.3 is 0 Å². The fourth-order valence-electron chi connectivity index (χ4n) is 2.29. The molecular formula is C19H20N4. The summed E-state index contributed by atoms with van der Waals surface area (Å²) in [6, 6.07) is 20.6. The summed E-state index contributed by atoms with van der Waals surface area (Å²) in [5.41, 5.74) is 3.57. The Hall–Kier alpha value is -2.88. The minimum absolute atomic E-state index is 0.783. The summed E-state index contributed by atoms with van der Waals surface area (Å²) >= 11 is 0. The molecule has 2 aromatic carbocycles. The first-order valence-corrected chi connectivity index (χ1v) is 7.73. The van der Waals surface area contributed by atoms with Gasteiger partial charge in [-0.15, -0.1) is 0 Å². The fraction of sp³-hybridized carbons (Fsp3) is 0.158. The van der Waals surface area contributed by atoms with E-state index in [2.05, 4.69) is 63.9 Å². The molecule has 0 fully saturated rings. The number of nitrogens with one attached hydrogen (secondary N) is 2. The van der Waals surface area contributed by atoms with E-state index in [1.165, 1.54) is 11.1 Å². The van der Waals surface area contributed by atoms with Crippen molar-refractivity contribution in [3.8, 4) is 0 Å². The number of hydrogen-bond donors (Lipinski definition) is 2. The first-order chi connectivity index (χ1) is 11.3. The largest absolute Gasteiger partial charge is 0.370 e. The van der Waals surface area contributed by atoms with Gasteiger partial charge in [0.25, 0.3) is 0 Å². The van der Waals surface area contributed by atoms with Crippen LogP contribution in [0.4, 0.5) is 17.3 Å². The summed E-state index contributed by atoms with van der Waals surface area (Å²) < 4.78 is 0. The Morgan fingerprint density at radius 3 is 2.39 bits per heavy atom. The smallest absolute Gasteiger partial charge is 0.135 e. The number of nitrogens with zero attached hydrogens (tertiary/aromatic N) is 2. The van der Waals surface area contributed by atoms with Gasteiger partial charge in [-0.1, -0.05) is 48.0 Å². The lowest BCUT2D eigenvalue weighted by Crippen LogP contribution is -2.07. The van der Waals surface area contributed by atoms with Crippen molar-refractivity contribution in [2.45, 2.75) is 13.3 Å². The maximum Gasteiger partial charge on any atom is 0.135 e. The zero-order valence-corrected chi connectivity index (χ0v) is 13.2. The molecule has 3 rings (SSSR count). The molecule has 1 aromatic heterocycles. The van der Waals surface area contributed by atoms with Crippen LogP contribution >= 0.6 is 0 Å². The molecule has 2 N–H and O–H groups in total. The van der Waals surface area contributed by atoms with Crippen molar-refractivity contribution in [2.75, 3.05) is 17.2 Å². The highest BCUT2D eigenvalue weighted by atomic mass is 15.1. The van der Waals surface area contributed by atoms with Crippen LogP contribution in [-0.2, 0) is 6.42 Å². The first-order valence-electron chi connectivity index (χ1n) is 7.73. The number of aromatic nitrogens is 2. The van der Waals surface area contributed by atoms with Crippen LogP contribution in [-0.4, -0.2) is 16.5 Å². The molecule has 0 bridgehead atoms. The molecule has 0 aliphatic heterocycles. The van der Waals surface area contributed by atoms with Gasteiger partial charge in [-0.25, -0.2) is 9.97 Å². The second-order valence-electron chi connectivity index (χ2n) is 5.44. The lowest BCUT2D eigenvalue weighted by atomic mass is 10.1. The summed E-state index contributed by atoms with van der Waals surface area (Å²) in [5, 5.41) is 6.63. The van der Waals surface area contributed by atoms with Crippen LogP contribution in [0.2, 0.25) is 0 Å². The fourth-order valence-corrected chi connectivity index (χ4v) is 2.29. The molecular weight excluding hydrogens is 284 g/mol. The number of hydrogen-bond acceptors (Lipinski definition) is 4. The predicted molar refractivity (Wildman–Crippen MR) is 95.1 cm³/mol. The second-order valence-corrected chi connectivity index (χ2v) is 5.44. The molecule has 23 heavy (non-hydrogen) atoms. The molecule has 0 saturated heterocycles. The van der Waals surface area contributed by atoms with Gasteiger partial charge in [-0.05, 0) is 31.0 Å². The minimum atomic E-state index is 0.783. The van der Waals surface area contributed by atoms with Gasteiger partial charge in [0, 0.05) is 18.3 Å². The van der Waals surface area contributed by atoms with Gasteiger partial charge in [0.15, 0.2) is 0 Å². The minimum Gasteiger partial charge on any atom is -0.370 e. The van der Waals surface area contributed by atoms with Crippen LogP contribution in [0.15, 0.2) is 67.0 Å². The molecule has 0 atom stereocenters. The van der Waals surface area contributed by atoms with E-state index in [4.69, 9.17) is 0 Å². The van der Waals surface area contributed by atoms with Crippen LogP contribution in [0, 0.1) is 6.92 Å². The SMILES string of the molecule is Cc1ccc(Nc2cc(NCCc3ccccc3)ncn2)cc1. The lowest BCUT2D eigenvalue weighted by Gasteiger charge is -2.09. The highest BCUT2D eigenvalue weighted by Gasteiger charge is 2.00. The molecule has 0 unspecified atom stereocenters. The molecule has 0 aliphatic carbocycles. The number of rotatable bonds is 6. The topological polar surface area (TPSA) is 49.8 Å². The quantitative estimate of drug-likeness (QED) is 0.717. The Balaban J connectivity index is 1.57. The molecule has 0 amide bonds. The lowest BCUT2D eigenvalue weighted by molar-refractivity contribution is 1.000. The maximum absolute atomic E-state index is 4.26. The highest BCUT2D eigenvalue weighted by molar-refractivity contribution is 5.59. The molecule has 116 valence electrons. The Labute approximate surface area is 136 Å². The van der Waals surface area contributed by atoms with Crippen LogP contribution in [0.5, 0.6) is 0 Å². The number of aryl methyl sites for hydroxylation is 1. The summed E-state index contributed by atoms with van der Waals surface area (Å²) in [5.74, 6) is 1.61. The van der Waals surface area contributed by atoms with E-state index < -0.39 is 0 Å². The van der Waals surface area contributed by atoms with E-state index in [1.54, 1.807) is 6.33 Å². The monoisotopic (exact) mass is 304 g/mol. The third kappa shape index (κ3) is 4.54. The van der Waals surface area contributed by atoms with Gasteiger partial charge < -0.3 is 10.6 Å². The molecule has 4 heteroatoms. The molecule has 4 nitrogen and oxygen atoms in total. The molecule has 0 aliphatic rings. The molecule has 3 aromatic rings. The molecule has 0 saturated carbocycles. The van der Waals surface area contributed by atoms with Gasteiger partial charge in [0.05, 0.1) is 0 Å². The van der Waals surface area contributed by atoms with Crippen molar-refractivity contribution in [1.82, 2.24) is 9.97 Å². The van der Waals surface area contributed by atoms with Crippen molar-refractivity contribution in [3.63, 3.8) is 0 Å². The second kappa shape index (κ2) is 7.40. The number of anilines is 3. The van der Waals surface area contributed by atoms with Crippen molar-refractivity contribution in [1.29, 1.82) is 0 Å². The maximum atomic E-state index is 4.26. The highest BCUT2D eigenvalue weighted by Crippen LogP contribution is 2.16. The van der Waals surface area contributed by atoms with E-state index in [9.17, 15) is 0 Å². The molecule has 0 spiro atoms.